The number of likely N-dealkylation sites (tertiary alicyclic amines) is 1. The fourth-order valence-corrected chi connectivity index (χ4v) is 2.73. The first-order chi connectivity index (χ1) is 9.65. The zero-order valence-electron chi connectivity index (χ0n) is 11.1. The molecule has 0 radical (unpaired) electrons. The Balaban J connectivity index is 1.56. The Morgan fingerprint density at radius 1 is 1.30 bits per heavy atom. The molecule has 0 bridgehead atoms. The molecule has 20 heavy (non-hydrogen) atoms. The second-order valence-corrected chi connectivity index (χ2v) is 5.45. The molecule has 1 aromatic heterocycles. The molecule has 3 N–H and O–H groups in total. The number of aromatic carboxylic acids is 1. The Morgan fingerprint density at radius 2 is 2.00 bits per heavy atom. The fraction of sp³-hybridized carbons (Fsp3) is 0.615. The van der Waals surface area contributed by atoms with E-state index in [0.717, 1.165) is 32.0 Å². The number of carbonyl (C=O) groups excluding carboxylic acids is 1. The van der Waals surface area contributed by atoms with Crippen LogP contribution in [0.15, 0.2) is 6.33 Å². The third kappa shape index (κ3) is 2.67. The number of hydrogen-bond acceptors (Lipinski definition) is 4. The maximum absolute atomic E-state index is 12.1. The largest absolute Gasteiger partial charge is 0.477 e. The Kier molecular flexibility index (Phi) is 3.43. The predicted molar refractivity (Wildman–Crippen MR) is 70.6 cm³/mol. The molecule has 0 aromatic carbocycles. The minimum absolute atomic E-state index is 0.0397. The standard InChI is InChI=1S/C13H18N4O3/c18-12(10-11(13(19)20)15-7-14-10)16-8-3-5-17(6-4-8)9-1-2-9/h7-9H,1-6H2,(H,14,15)(H,16,18)(H,19,20). The first-order valence-electron chi connectivity index (χ1n) is 6.96. The normalized spacial score (nSPS) is 20.8. The van der Waals surface area contributed by atoms with Crippen molar-refractivity contribution in [1.29, 1.82) is 0 Å². The van der Waals surface area contributed by atoms with Crippen LogP contribution in [-0.4, -0.2) is 57.0 Å². The maximum atomic E-state index is 12.1. The van der Waals surface area contributed by atoms with Gasteiger partial charge in [-0.2, -0.15) is 0 Å². The molecule has 3 rings (SSSR count). The molecule has 108 valence electrons. The van der Waals surface area contributed by atoms with Crippen molar-refractivity contribution in [3.63, 3.8) is 0 Å². The van der Waals surface area contributed by atoms with E-state index in [1.807, 2.05) is 0 Å². The lowest BCUT2D eigenvalue weighted by molar-refractivity contribution is 0.0683. The number of carboxylic acid groups (broad SMARTS) is 1. The highest BCUT2D eigenvalue weighted by Crippen LogP contribution is 2.29. The highest BCUT2D eigenvalue weighted by atomic mass is 16.4. The number of carboxylic acids is 1. The summed E-state index contributed by atoms with van der Waals surface area (Å²) in [5.41, 5.74) is -0.194. The number of amides is 1. The molecule has 1 aliphatic heterocycles. The van der Waals surface area contributed by atoms with Gasteiger partial charge in [0.1, 0.15) is 0 Å². The average molecular weight is 278 g/mol. The highest BCUT2D eigenvalue weighted by Gasteiger charge is 2.32. The quantitative estimate of drug-likeness (QED) is 0.743. The molecule has 1 saturated heterocycles. The van der Waals surface area contributed by atoms with E-state index in [0.29, 0.717) is 0 Å². The Hall–Kier alpha value is -1.89. The molecule has 7 nitrogen and oxygen atoms in total. The van der Waals surface area contributed by atoms with Crippen LogP contribution in [-0.2, 0) is 0 Å². The van der Waals surface area contributed by atoms with Crippen LogP contribution in [0.1, 0.15) is 46.7 Å². The predicted octanol–water partition coefficient (Wildman–Crippen LogP) is 0.464. The van der Waals surface area contributed by atoms with Gasteiger partial charge >= 0.3 is 5.97 Å². The number of hydrogen-bond donors (Lipinski definition) is 3. The first kappa shape index (κ1) is 13.1. The van der Waals surface area contributed by atoms with Gasteiger partial charge in [-0.15, -0.1) is 0 Å². The van der Waals surface area contributed by atoms with Gasteiger partial charge in [0.05, 0.1) is 6.33 Å². The molecule has 2 fully saturated rings. The van der Waals surface area contributed by atoms with Crippen LogP contribution in [0.5, 0.6) is 0 Å². The summed E-state index contributed by atoms with van der Waals surface area (Å²) < 4.78 is 0. The molecule has 0 spiro atoms. The van der Waals surface area contributed by atoms with Crippen LogP contribution in [0.4, 0.5) is 0 Å². The van der Waals surface area contributed by atoms with Crippen LogP contribution in [0.2, 0.25) is 0 Å². The number of carbonyl (C=O) groups is 2. The second-order valence-electron chi connectivity index (χ2n) is 5.45. The van der Waals surface area contributed by atoms with Crippen molar-refractivity contribution >= 4 is 11.9 Å². The van der Waals surface area contributed by atoms with Crippen molar-refractivity contribution in [2.24, 2.45) is 0 Å². The summed E-state index contributed by atoms with van der Waals surface area (Å²) in [6.45, 7) is 2.00. The van der Waals surface area contributed by atoms with Gasteiger partial charge in [0.25, 0.3) is 5.91 Å². The van der Waals surface area contributed by atoms with E-state index >= 15 is 0 Å². The van der Waals surface area contributed by atoms with E-state index in [4.69, 9.17) is 5.11 Å². The summed E-state index contributed by atoms with van der Waals surface area (Å²) in [7, 11) is 0. The van der Waals surface area contributed by atoms with Gasteiger partial charge in [-0.25, -0.2) is 9.78 Å². The fourth-order valence-electron chi connectivity index (χ4n) is 2.73. The number of H-pyrrole nitrogens is 1. The molecule has 2 aliphatic rings. The van der Waals surface area contributed by atoms with Crippen molar-refractivity contribution in [3.8, 4) is 0 Å². The zero-order chi connectivity index (χ0) is 14.1. The smallest absolute Gasteiger partial charge is 0.354 e. The number of imidazole rings is 1. The highest BCUT2D eigenvalue weighted by molar-refractivity contribution is 6.02. The third-order valence-corrected chi connectivity index (χ3v) is 4.00. The monoisotopic (exact) mass is 278 g/mol. The minimum Gasteiger partial charge on any atom is -0.477 e. The van der Waals surface area contributed by atoms with Crippen LogP contribution in [0.25, 0.3) is 0 Å². The van der Waals surface area contributed by atoms with Crippen molar-refractivity contribution in [2.75, 3.05) is 13.1 Å². The summed E-state index contributed by atoms with van der Waals surface area (Å²) >= 11 is 0. The molecule has 0 unspecified atom stereocenters. The Morgan fingerprint density at radius 3 is 2.60 bits per heavy atom. The zero-order valence-corrected chi connectivity index (χ0v) is 11.1. The van der Waals surface area contributed by atoms with E-state index < -0.39 is 11.9 Å². The number of aromatic nitrogens is 2. The van der Waals surface area contributed by atoms with Gasteiger partial charge in [-0.3, -0.25) is 4.79 Å². The minimum atomic E-state index is -1.17. The molecule has 1 aromatic rings. The number of aromatic amines is 1. The lowest BCUT2D eigenvalue weighted by Gasteiger charge is -2.32. The van der Waals surface area contributed by atoms with E-state index in [-0.39, 0.29) is 17.4 Å². The van der Waals surface area contributed by atoms with E-state index in [1.165, 1.54) is 19.2 Å². The van der Waals surface area contributed by atoms with Gasteiger partial charge in [0.2, 0.25) is 0 Å². The summed E-state index contributed by atoms with van der Waals surface area (Å²) in [6, 6.07) is 0.868. The number of nitrogens with one attached hydrogen (secondary N) is 2. The number of piperidine rings is 1. The molecule has 1 aliphatic carbocycles. The molecule has 7 heteroatoms. The molecular weight excluding hydrogens is 260 g/mol. The van der Waals surface area contributed by atoms with Crippen molar-refractivity contribution in [1.82, 2.24) is 20.2 Å². The van der Waals surface area contributed by atoms with Crippen LogP contribution >= 0.6 is 0 Å². The van der Waals surface area contributed by atoms with Gasteiger partial charge in [0, 0.05) is 25.2 Å². The van der Waals surface area contributed by atoms with Crippen molar-refractivity contribution in [2.45, 2.75) is 37.8 Å². The third-order valence-electron chi connectivity index (χ3n) is 4.00. The van der Waals surface area contributed by atoms with Gasteiger partial charge in [-0.05, 0) is 25.7 Å². The Labute approximate surface area is 116 Å². The lowest BCUT2D eigenvalue weighted by atomic mass is 10.0. The second kappa shape index (κ2) is 5.24. The van der Waals surface area contributed by atoms with E-state index in [1.54, 1.807) is 0 Å². The number of rotatable bonds is 4. The SMILES string of the molecule is O=C(NC1CCN(C2CC2)CC1)c1nc[nH]c1C(=O)O. The summed E-state index contributed by atoms with van der Waals surface area (Å²) in [4.78, 5) is 31.7. The van der Waals surface area contributed by atoms with E-state index in [9.17, 15) is 9.59 Å². The molecule has 2 heterocycles. The topological polar surface area (TPSA) is 98.3 Å². The lowest BCUT2D eigenvalue weighted by Crippen LogP contribution is -2.45. The van der Waals surface area contributed by atoms with Gasteiger partial charge < -0.3 is 20.3 Å². The maximum Gasteiger partial charge on any atom is 0.354 e. The van der Waals surface area contributed by atoms with Gasteiger partial charge in [0.15, 0.2) is 11.4 Å². The molecule has 1 saturated carbocycles. The van der Waals surface area contributed by atoms with Crippen molar-refractivity contribution in [3.05, 3.63) is 17.7 Å². The summed E-state index contributed by atoms with van der Waals surface area (Å²) in [5, 5.41) is 11.8. The van der Waals surface area contributed by atoms with E-state index in [2.05, 4.69) is 20.2 Å². The van der Waals surface area contributed by atoms with Crippen molar-refractivity contribution < 1.29 is 14.7 Å². The summed E-state index contributed by atoms with van der Waals surface area (Å²) in [5.74, 6) is -1.58. The van der Waals surface area contributed by atoms with Crippen LogP contribution in [0, 0.1) is 0 Å². The molecule has 0 atom stereocenters. The molecule has 1 amide bonds. The van der Waals surface area contributed by atoms with Crippen LogP contribution in [0.3, 0.4) is 0 Å². The summed E-state index contributed by atoms with van der Waals surface area (Å²) in [6.07, 6.45) is 5.65. The number of nitrogens with zero attached hydrogens (tertiary/aromatic N) is 2. The average Bonchev–Trinajstić information content (AvgIpc) is 3.15. The first-order valence-corrected chi connectivity index (χ1v) is 6.96. The van der Waals surface area contributed by atoms with Gasteiger partial charge in [-0.1, -0.05) is 0 Å². The Bertz CT molecular complexity index is 515. The van der Waals surface area contributed by atoms with Crippen LogP contribution < -0.4 is 5.32 Å². The molecular formula is C13H18N4O3.